The molecule has 1 unspecified atom stereocenters. The molecule has 3 rings (SSSR count). The van der Waals surface area contributed by atoms with Gasteiger partial charge in [-0.05, 0) is 30.5 Å². The lowest BCUT2D eigenvalue weighted by atomic mass is 9.82. The van der Waals surface area contributed by atoms with Crippen LogP contribution in [0.5, 0.6) is 17.2 Å². The van der Waals surface area contributed by atoms with Crippen molar-refractivity contribution in [1.29, 1.82) is 0 Å². The monoisotopic (exact) mass is 334 g/mol. The van der Waals surface area contributed by atoms with Gasteiger partial charge in [-0.1, -0.05) is 19.3 Å². The quantitative estimate of drug-likeness (QED) is 0.917. The van der Waals surface area contributed by atoms with Gasteiger partial charge in [0.15, 0.2) is 11.5 Å². The molecule has 1 atom stereocenters. The van der Waals surface area contributed by atoms with Gasteiger partial charge < -0.3 is 19.1 Å². The van der Waals surface area contributed by atoms with E-state index in [1.165, 1.54) is 6.42 Å². The second-order valence-corrected chi connectivity index (χ2v) is 6.56. The molecule has 6 heteroatoms. The van der Waals surface area contributed by atoms with Crippen molar-refractivity contribution in [3.8, 4) is 17.2 Å². The summed E-state index contributed by atoms with van der Waals surface area (Å²) in [5, 5.41) is 3.59. The van der Waals surface area contributed by atoms with Gasteiger partial charge in [0.25, 0.3) is 0 Å². The van der Waals surface area contributed by atoms with Crippen LogP contribution in [0.25, 0.3) is 0 Å². The van der Waals surface area contributed by atoms with E-state index in [-0.39, 0.29) is 12.1 Å². The lowest BCUT2D eigenvalue weighted by Gasteiger charge is -2.31. The summed E-state index contributed by atoms with van der Waals surface area (Å²) in [7, 11) is 6.63. The van der Waals surface area contributed by atoms with E-state index in [2.05, 4.69) is 5.32 Å². The molecule has 1 saturated heterocycles. The molecule has 1 aromatic carbocycles. The molecule has 1 aliphatic carbocycles. The molecule has 6 nitrogen and oxygen atoms in total. The molecule has 0 radical (unpaired) electrons. The molecule has 0 aromatic heterocycles. The average molecular weight is 334 g/mol. The van der Waals surface area contributed by atoms with Gasteiger partial charge in [-0.2, -0.15) is 0 Å². The van der Waals surface area contributed by atoms with E-state index >= 15 is 0 Å². The highest BCUT2D eigenvalue weighted by molar-refractivity contribution is 5.89. The maximum atomic E-state index is 12.9. The number of methoxy groups -OCH3 is 3. The number of carbonyl (C=O) groups excluding carboxylic acids is 1. The van der Waals surface area contributed by atoms with Gasteiger partial charge in [-0.15, -0.1) is 0 Å². The highest BCUT2D eigenvalue weighted by Crippen LogP contribution is 2.43. The Morgan fingerprint density at radius 3 is 2.12 bits per heavy atom. The zero-order chi connectivity index (χ0) is 17.3. The number of amides is 1. The van der Waals surface area contributed by atoms with E-state index in [0.717, 1.165) is 31.2 Å². The first kappa shape index (κ1) is 16.9. The minimum absolute atomic E-state index is 0.181. The van der Waals surface area contributed by atoms with Crippen molar-refractivity contribution in [2.45, 2.75) is 43.8 Å². The first-order valence-electron chi connectivity index (χ1n) is 8.41. The van der Waals surface area contributed by atoms with Crippen LogP contribution in [0.15, 0.2) is 12.1 Å². The first-order valence-corrected chi connectivity index (χ1v) is 8.41. The van der Waals surface area contributed by atoms with Crippen LogP contribution in [0.2, 0.25) is 0 Å². The van der Waals surface area contributed by atoms with Gasteiger partial charge in [-0.25, -0.2) is 0 Å². The number of ether oxygens (including phenoxy) is 3. The molecule has 0 bridgehead atoms. The normalized spacial score (nSPS) is 22.8. The number of rotatable bonds is 4. The molecule has 2 fully saturated rings. The van der Waals surface area contributed by atoms with Gasteiger partial charge >= 0.3 is 0 Å². The minimum atomic E-state index is -0.419. The Morgan fingerprint density at radius 1 is 1.04 bits per heavy atom. The summed E-state index contributed by atoms with van der Waals surface area (Å²) in [6.07, 6.45) is 5.00. The van der Waals surface area contributed by atoms with E-state index in [4.69, 9.17) is 14.2 Å². The predicted octanol–water partition coefficient (Wildman–Crippen LogP) is 2.48. The van der Waals surface area contributed by atoms with Crippen molar-refractivity contribution in [3.63, 3.8) is 0 Å². The zero-order valence-corrected chi connectivity index (χ0v) is 14.8. The third-order valence-corrected chi connectivity index (χ3v) is 5.24. The molecule has 1 aliphatic heterocycles. The fourth-order valence-corrected chi connectivity index (χ4v) is 3.95. The summed E-state index contributed by atoms with van der Waals surface area (Å²) in [6, 6.07) is 3.81. The number of hydrogen-bond acceptors (Lipinski definition) is 5. The molecule has 2 aliphatic rings. The van der Waals surface area contributed by atoms with Crippen molar-refractivity contribution < 1.29 is 19.0 Å². The fraction of sp³-hybridized carbons (Fsp3) is 0.611. The van der Waals surface area contributed by atoms with Crippen molar-refractivity contribution in [2.75, 3.05) is 28.4 Å². The Morgan fingerprint density at radius 2 is 1.62 bits per heavy atom. The predicted molar refractivity (Wildman–Crippen MR) is 90.6 cm³/mol. The SMILES string of the molecule is COc1cc(C2NC3(CCCCC3)C(=O)N2C)cc(OC)c1OC. The van der Waals surface area contributed by atoms with Crippen LogP contribution in [-0.4, -0.2) is 44.7 Å². The van der Waals surface area contributed by atoms with E-state index in [9.17, 15) is 4.79 Å². The highest BCUT2D eigenvalue weighted by atomic mass is 16.5. The van der Waals surface area contributed by atoms with Crippen molar-refractivity contribution in [2.24, 2.45) is 0 Å². The molecule has 24 heavy (non-hydrogen) atoms. The molecule has 132 valence electrons. The number of likely N-dealkylation sites (N-methyl/N-ethyl adjacent to an activating group) is 1. The van der Waals surface area contributed by atoms with Crippen LogP contribution >= 0.6 is 0 Å². The van der Waals surface area contributed by atoms with Crippen molar-refractivity contribution in [1.82, 2.24) is 10.2 Å². The van der Waals surface area contributed by atoms with Gasteiger partial charge in [0, 0.05) is 7.05 Å². The van der Waals surface area contributed by atoms with Crippen molar-refractivity contribution in [3.05, 3.63) is 17.7 Å². The lowest BCUT2D eigenvalue weighted by Crippen LogP contribution is -2.48. The van der Waals surface area contributed by atoms with Crippen LogP contribution < -0.4 is 19.5 Å². The molecule has 1 aromatic rings. The van der Waals surface area contributed by atoms with Crippen LogP contribution in [-0.2, 0) is 4.79 Å². The second kappa shape index (κ2) is 6.51. The Bertz CT molecular complexity index is 600. The van der Waals surface area contributed by atoms with Crippen LogP contribution in [0.4, 0.5) is 0 Å². The highest BCUT2D eigenvalue weighted by Gasteiger charge is 2.50. The average Bonchev–Trinajstić information content (AvgIpc) is 2.86. The third-order valence-electron chi connectivity index (χ3n) is 5.24. The van der Waals surface area contributed by atoms with Crippen LogP contribution in [0.3, 0.4) is 0 Å². The van der Waals surface area contributed by atoms with E-state index in [0.29, 0.717) is 17.2 Å². The standard InChI is InChI=1S/C18H26N2O4/c1-20-16(19-18(17(20)21)8-6-5-7-9-18)12-10-13(22-2)15(24-4)14(11-12)23-3/h10-11,16,19H,5-9H2,1-4H3. The summed E-state index contributed by atoms with van der Waals surface area (Å²) in [5.74, 6) is 1.93. The number of hydrogen-bond donors (Lipinski definition) is 1. The van der Waals surface area contributed by atoms with Gasteiger partial charge in [-0.3, -0.25) is 10.1 Å². The van der Waals surface area contributed by atoms with Gasteiger partial charge in [0.05, 0.1) is 26.9 Å². The summed E-state index contributed by atoms with van der Waals surface area (Å²) in [4.78, 5) is 14.7. The minimum Gasteiger partial charge on any atom is -0.493 e. The first-order chi connectivity index (χ1) is 11.6. The Hall–Kier alpha value is -1.95. The van der Waals surface area contributed by atoms with Gasteiger partial charge in [0.2, 0.25) is 11.7 Å². The second-order valence-electron chi connectivity index (χ2n) is 6.56. The lowest BCUT2D eigenvalue weighted by molar-refractivity contribution is -0.133. The zero-order valence-electron chi connectivity index (χ0n) is 14.8. The topological polar surface area (TPSA) is 60.0 Å². The van der Waals surface area contributed by atoms with Crippen LogP contribution in [0.1, 0.15) is 43.8 Å². The Kier molecular flexibility index (Phi) is 4.58. The summed E-state index contributed by atoms with van der Waals surface area (Å²) >= 11 is 0. The molecular weight excluding hydrogens is 308 g/mol. The molecule has 1 heterocycles. The maximum absolute atomic E-state index is 12.9. The summed E-state index contributed by atoms with van der Waals surface area (Å²) in [5.41, 5.74) is 0.515. The largest absolute Gasteiger partial charge is 0.493 e. The third kappa shape index (κ3) is 2.59. The molecule has 1 amide bonds. The Balaban J connectivity index is 1.98. The molecular formula is C18H26N2O4. The number of nitrogens with zero attached hydrogens (tertiary/aromatic N) is 1. The van der Waals surface area contributed by atoms with E-state index < -0.39 is 5.54 Å². The number of benzene rings is 1. The summed E-state index contributed by atoms with van der Waals surface area (Å²) in [6.45, 7) is 0. The number of nitrogens with one attached hydrogen (secondary N) is 1. The molecule has 1 N–H and O–H groups in total. The smallest absolute Gasteiger partial charge is 0.244 e. The molecule has 1 spiro atoms. The van der Waals surface area contributed by atoms with E-state index in [1.807, 2.05) is 19.2 Å². The van der Waals surface area contributed by atoms with Gasteiger partial charge in [0.1, 0.15) is 6.17 Å². The Labute approximate surface area is 143 Å². The number of carbonyl (C=O) groups is 1. The fourth-order valence-electron chi connectivity index (χ4n) is 3.95. The summed E-state index contributed by atoms with van der Waals surface area (Å²) < 4.78 is 16.3. The van der Waals surface area contributed by atoms with E-state index in [1.54, 1.807) is 26.2 Å². The van der Waals surface area contributed by atoms with Crippen molar-refractivity contribution >= 4 is 5.91 Å². The van der Waals surface area contributed by atoms with Crippen LogP contribution in [0, 0.1) is 0 Å². The molecule has 1 saturated carbocycles. The maximum Gasteiger partial charge on any atom is 0.244 e.